The predicted molar refractivity (Wildman–Crippen MR) is 72.5 cm³/mol. The highest BCUT2D eigenvalue weighted by atomic mass is 32.2. The van der Waals surface area contributed by atoms with Crippen molar-refractivity contribution in [3.63, 3.8) is 0 Å². The van der Waals surface area contributed by atoms with Crippen molar-refractivity contribution < 1.29 is 12.6 Å². The molecule has 0 atom stereocenters. The Kier molecular flexibility index (Phi) is 3.92. The number of fused-ring (bicyclic) bond motifs is 1. The van der Waals surface area contributed by atoms with Gasteiger partial charge in [-0.1, -0.05) is 18.2 Å². The highest BCUT2D eigenvalue weighted by molar-refractivity contribution is 7.85. The fourth-order valence-corrected chi connectivity index (χ4v) is 2.85. The minimum Gasteiger partial charge on any atom is -0.369 e. The number of anilines is 1. The lowest BCUT2D eigenvalue weighted by molar-refractivity contribution is 0.326. The highest BCUT2D eigenvalue weighted by Gasteiger charge is 2.18. The van der Waals surface area contributed by atoms with Gasteiger partial charge < -0.3 is 4.90 Å². The van der Waals surface area contributed by atoms with E-state index in [1.165, 1.54) is 16.8 Å². The van der Waals surface area contributed by atoms with E-state index in [1.807, 2.05) is 0 Å². The molecule has 1 aliphatic rings. The van der Waals surface area contributed by atoms with E-state index in [4.69, 9.17) is 4.18 Å². The number of nitrogens with zero attached hydrogens (tertiary/aromatic N) is 1. The molecule has 0 saturated carbocycles. The van der Waals surface area contributed by atoms with Gasteiger partial charge in [-0.05, 0) is 30.9 Å². The van der Waals surface area contributed by atoms with E-state index in [-0.39, 0.29) is 6.61 Å². The van der Waals surface area contributed by atoms with Crippen molar-refractivity contribution in [3.05, 3.63) is 29.3 Å². The SMILES string of the molecule is Cc1cccc2c1N(CCOS(C)(=O)=O)CCC2. The van der Waals surface area contributed by atoms with Gasteiger partial charge in [-0.2, -0.15) is 8.42 Å². The summed E-state index contributed by atoms with van der Waals surface area (Å²) in [7, 11) is -3.34. The first-order chi connectivity index (χ1) is 8.47. The van der Waals surface area contributed by atoms with E-state index in [0.29, 0.717) is 6.54 Å². The van der Waals surface area contributed by atoms with Crippen molar-refractivity contribution in [2.75, 3.05) is 30.9 Å². The normalized spacial score (nSPS) is 15.6. The molecule has 2 rings (SSSR count). The summed E-state index contributed by atoms with van der Waals surface area (Å²) in [6, 6.07) is 6.31. The molecule has 4 nitrogen and oxygen atoms in total. The number of hydrogen-bond donors (Lipinski definition) is 0. The summed E-state index contributed by atoms with van der Waals surface area (Å²) < 4.78 is 26.7. The van der Waals surface area contributed by atoms with Crippen molar-refractivity contribution >= 4 is 15.8 Å². The smallest absolute Gasteiger partial charge is 0.264 e. The maximum atomic E-state index is 10.9. The lowest BCUT2D eigenvalue weighted by Crippen LogP contribution is -2.33. The Balaban J connectivity index is 2.08. The first-order valence-electron chi connectivity index (χ1n) is 6.15. The predicted octanol–water partition coefficient (Wildman–Crippen LogP) is 1.72. The topological polar surface area (TPSA) is 46.6 Å². The van der Waals surface area contributed by atoms with Crippen LogP contribution < -0.4 is 4.90 Å². The third kappa shape index (κ3) is 3.23. The third-order valence-corrected chi connectivity index (χ3v) is 3.77. The molecule has 0 unspecified atom stereocenters. The summed E-state index contributed by atoms with van der Waals surface area (Å²) in [6.45, 7) is 3.89. The number of hydrogen-bond acceptors (Lipinski definition) is 4. The molecule has 1 aromatic carbocycles. The molecule has 0 aromatic heterocycles. The highest BCUT2D eigenvalue weighted by Crippen LogP contribution is 2.30. The Bertz CT molecular complexity index is 525. The maximum absolute atomic E-state index is 10.9. The lowest BCUT2D eigenvalue weighted by Gasteiger charge is -2.32. The molecular weight excluding hydrogens is 250 g/mol. The number of benzene rings is 1. The van der Waals surface area contributed by atoms with E-state index in [1.54, 1.807) is 0 Å². The van der Waals surface area contributed by atoms with Gasteiger partial charge in [0, 0.05) is 18.8 Å². The number of para-hydroxylation sites is 1. The Morgan fingerprint density at radius 1 is 1.39 bits per heavy atom. The molecule has 1 aliphatic heterocycles. The first-order valence-corrected chi connectivity index (χ1v) is 7.97. The second kappa shape index (κ2) is 5.28. The molecule has 0 radical (unpaired) electrons. The van der Waals surface area contributed by atoms with E-state index in [0.717, 1.165) is 25.6 Å². The molecule has 1 heterocycles. The molecule has 0 N–H and O–H groups in total. The van der Waals surface area contributed by atoms with Crippen molar-refractivity contribution in [1.29, 1.82) is 0 Å². The van der Waals surface area contributed by atoms with Crippen molar-refractivity contribution in [2.24, 2.45) is 0 Å². The molecule has 0 spiro atoms. The van der Waals surface area contributed by atoms with Crippen LogP contribution in [-0.2, 0) is 20.7 Å². The van der Waals surface area contributed by atoms with Crippen LogP contribution in [0.4, 0.5) is 5.69 Å². The van der Waals surface area contributed by atoms with Crippen molar-refractivity contribution in [3.8, 4) is 0 Å². The standard InChI is InChI=1S/C13H19NO3S/c1-11-5-3-6-12-7-4-8-14(13(11)12)9-10-17-18(2,15)16/h3,5-6H,4,7-10H2,1-2H3. The monoisotopic (exact) mass is 269 g/mol. The zero-order valence-corrected chi connectivity index (χ0v) is 11.7. The van der Waals surface area contributed by atoms with Crippen molar-refractivity contribution in [1.82, 2.24) is 0 Å². The van der Waals surface area contributed by atoms with Crippen LogP contribution in [0.2, 0.25) is 0 Å². The Morgan fingerprint density at radius 2 is 2.17 bits per heavy atom. The van der Waals surface area contributed by atoms with E-state index >= 15 is 0 Å². The molecule has 0 aliphatic carbocycles. The quantitative estimate of drug-likeness (QED) is 0.781. The van der Waals surface area contributed by atoms with E-state index < -0.39 is 10.1 Å². The van der Waals surface area contributed by atoms with Crippen LogP contribution in [0.5, 0.6) is 0 Å². The molecule has 1 aromatic rings. The van der Waals surface area contributed by atoms with Gasteiger partial charge in [-0.25, -0.2) is 0 Å². The summed E-state index contributed by atoms with van der Waals surface area (Å²) in [5, 5.41) is 0. The van der Waals surface area contributed by atoms with Crippen LogP contribution in [0.3, 0.4) is 0 Å². The summed E-state index contributed by atoms with van der Waals surface area (Å²) in [5.41, 5.74) is 3.84. The van der Waals surface area contributed by atoms with Crippen molar-refractivity contribution in [2.45, 2.75) is 19.8 Å². The summed E-state index contributed by atoms with van der Waals surface area (Å²) in [4.78, 5) is 2.22. The Labute approximate surface area is 109 Å². The van der Waals surface area contributed by atoms with Crippen LogP contribution in [0.15, 0.2) is 18.2 Å². The van der Waals surface area contributed by atoms with Crippen LogP contribution in [0.1, 0.15) is 17.5 Å². The van der Waals surface area contributed by atoms with Gasteiger partial charge in [0.25, 0.3) is 10.1 Å². The van der Waals surface area contributed by atoms with Gasteiger partial charge in [-0.15, -0.1) is 0 Å². The first kappa shape index (κ1) is 13.4. The molecule has 0 fully saturated rings. The third-order valence-electron chi connectivity index (χ3n) is 3.17. The Hall–Kier alpha value is -1.07. The van der Waals surface area contributed by atoms with Gasteiger partial charge in [0.1, 0.15) is 0 Å². The maximum Gasteiger partial charge on any atom is 0.264 e. The van der Waals surface area contributed by atoms with Gasteiger partial charge in [0.2, 0.25) is 0 Å². The fraction of sp³-hybridized carbons (Fsp3) is 0.538. The molecular formula is C13H19NO3S. The van der Waals surface area contributed by atoms with Gasteiger partial charge in [0.05, 0.1) is 12.9 Å². The average Bonchev–Trinajstić information content (AvgIpc) is 2.27. The van der Waals surface area contributed by atoms with Crippen LogP contribution in [0, 0.1) is 6.92 Å². The summed E-state index contributed by atoms with van der Waals surface area (Å²) in [5.74, 6) is 0. The number of rotatable bonds is 4. The average molecular weight is 269 g/mol. The summed E-state index contributed by atoms with van der Waals surface area (Å²) >= 11 is 0. The second-order valence-electron chi connectivity index (χ2n) is 4.70. The van der Waals surface area contributed by atoms with Crippen LogP contribution in [0.25, 0.3) is 0 Å². The summed E-state index contributed by atoms with van der Waals surface area (Å²) in [6.07, 6.45) is 3.29. The largest absolute Gasteiger partial charge is 0.369 e. The van der Waals surface area contributed by atoms with Crippen LogP contribution in [-0.4, -0.2) is 34.4 Å². The minimum absolute atomic E-state index is 0.215. The van der Waals surface area contributed by atoms with E-state index in [9.17, 15) is 8.42 Å². The van der Waals surface area contributed by atoms with Gasteiger partial charge in [0.15, 0.2) is 0 Å². The fourth-order valence-electron chi connectivity index (χ4n) is 2.47. The molecule has 0 saturated heterocycles. The molecule has 100 valence electrons. The minimum atomic E-state index is -3.34. The van der Waals surface area contributed by atoms with Gasteiger partial charge >= 0.3 is 0 Å². The molecule has 0 bridgehead atoms. The zero-order chi connectivity index (χ0) is 13.2. The van der Waals surface area contributed by atoms with Crippen LogP contribution >= 0.6 is 0 Å². The van der Waals surface area contributed by atoms with Gasteiger partial charge in [-0.3, -0.25) is 4.18 Å². The second-order valence-corrected chi connectivity index (χ2v) is 6.34. The molecule has 0 amide bonds. The Morgan fingerprint density at radius 3 is 2.89 bits per heavy atom. The molecule has 5 heteroatoms. The lowest BCUT2D eigenvalue weighted by atomic mass is 9.98. The zero-order valence-electron chi connectivity index (χ0n) is 10.8. The number of aryl methyl sites for hydroxylation is 2. The van der Waals surface area contributed by atoms with E-state index in [2.05, 4.69) is 30.0 Å². The molecule has 18 heavy (non-hydrogen) atoms.